The zero-order chi connectivity index (χ0) is 27.5. The number of fused-ring (bicyclic) bond motifs is 1. The topological polar surface area (TPSA) is 72.9 Å². The zero-order valence-corrected chi connectivity index (χ0v) is 22.5. The van der Waals surface area contributed by atoms with Gasteiger partial charge in [0.05, 0.1) is 21.7 Å². The fraction of sp³-hybridized carbons (Fsp3) is 0.152. The Kier molecular flexibility index (Phi) is 7.05. The summed E-state index contributed by atoms with van der Waals surface area (Å²) in [6.07, 6.45) is -0.298. The second-order valence-corrected chi connectivity index (χ2v) is 11.4. The van der Waals surface area contributed by atoms with E-state index in [1.165, 1.54) is 4.90 Å². The van der Waals surface area contributed by atoms with Crippen LogP contribution in [0.1, 0.15) is 35.1 Å². The summed E-state index contributed by atoms with van der Waals surface area (Å²) in [5, 5.41) is 0. The van der Waals surface area contributed by atoms with Crippen molar-refractivity contribution in [1.82, 2.24) is 4.90 Å². The van der Waals surface area contributed by atoms with Crippen molar-refractivity contribution in [3.63, 3.8) is 0 Å². The van der Waals surface area contributed by atoms with Crippen molar-refractivity contribution in [3.05, 3.63) is 154 Å². The molecule has 4 aromatic carbocycles. The van der Waals surface area contributed by atoms with E-state index < -0.39 is 21.7 Å². The normalized spacial score (nSPS) is 17.1. The third-order valence-corrected chi connectivity index (χ3v) is 9.40. The Morgan fingerprint density at radius 1 is 0.750 bits per heavy atom. The van der Waals surface area contributed by atoms with Crippen LogP contribution >= 0.6 is 0 Å². The standard InChI is InChI=1S/C33H27NO5S/c35-30-22-28-21-29(31(34(28)30)39-32(36)38-23-24-13-5-1-6-14-24)40(37)33(25-15-7-2-8-16-25,26-17-9-3-10-18-26)27-19-11-4-12-20-27/h1-20,28H,21-23H2. The van der Waals surface area contributed by atoms with Crippen LogP contribution in [0.3, 0.4) is 0 Å². The Bertz CT molecular complexity index is 1480. The minimum atomic E-state index is -1.79. The van der Waals surface area contributed by atoms with Crippen LogP contribution in [0.2, 0.25) is 0 Å². The summed E-state index contributed by atoms with van der Waals surface area (Å²) in [6.45, 7) is 0.0186. The average molecular weight is 550 g/mol. The summed E-state index contributed by atoms with van der Waals surface area (Å²) in [4.78, 5) is 27.4. The molecule has 4 aromatic rings. The Balaban J connectivity index is 1.46. The van der Waals surface area contributed by atoms with E-state index in [-0.39, 0.29) is 24.4 Å². The Morgan fingerprint density at radius 3 is 1.70 bits per heavy atom. The van der Waals surface area contributed by atoms with E-state index in [0.717, 1.165) is 22.3 Å². The molecule has 2 unspecified atom stereocenters. The first-order chi connectivity index (χ1) is 19.6. The number of amides is 1. The maximum Gasteiger partial charge on any atom is 0.515 e. The van der Waals surface area contributed by atoms with E-state index in [1.54, 1.807) is 0 Å². The number of carbonyl (C=O) groups is 2. The molecular weight excluding hydrogens is 522 g/mol. The third kappa shape index (κ3) is 4.52. The molecule has 0 aromatic heterocycles. The van der Waals surface area contributed by atoms with Gasteiger partial charge in [-0.15, -0.1) is 0 Å². The van der Waals surface area contributed by atoms with Crippen molar-refractivity contribution in [2.24, 2.45) is 0 Å². The maximum absolute atomic E-state index is 15.1. The number of nitrogens with zero attached hydrogens (tertiary/aromatic N) is 1. The molecule has 1 fully saturated rings. The Labute approximate surface area is 235 Å². The van der Waals surface area contributed by atoms with Gasteiger partial charge >= 0.3 is 6.16 Å². The molecular formula is C33H27NO5S. The molecule has 2 aliphatic heterocycles. The lowest BCUT2D eigenvalue weighted by molar-refractivity contribution is -0.144. The summed E-state index contributed by atoms with van der Waals surface area (Å²) >= 11 is 0. The third-order valence-electron chi connectivity index (χ3n) is 7.34. The fourth-order valence-corrected chi connectivity index (χ4v) is 7.53. The second kappa shape index (κ2) is 10.9. The number of benzene rings is 4. The van der Waals surface area contributed by atoms with E-state index in [4.69, 9.17) is 9.47 Å². The first kappa shape index (κ1) is 25.8. The first-order valence-electron chi connectivity index (χ1n) is 13.1. The number of carbonyl (C=O) groups excluding carboxylic acids is 2. The number of ether oxygens (including phenoxy) is 2. The van der Waals surface area contributed by atoms with Crippen molar-refractivity contribution in [3.8, 4) is 0 Å². The molecule has 0 aliphatic carbocycles. The molecule has 2 heterocycles. The fourth-order valence-electron chi connectivity index (χ4n) is 5.47. The van der Waals surface area contributed by atoms with Crippen LogP contribution in [0, 0.1) is 0 Å². The lowest BCUT2D eigenvalue weighted by atomic mass is 9.84. The van der Waals surface area contributed by atoms with Gasteiger partial charge in [0, 0.05) is 12.8 Å². The van der Waals surface area contributed by atoms with Crippen LogP contribution in [0.25, 0.3) is 0 Å². The smallest absolute Gasteiger partial charge is 0.429 e. The van der Waals surface area contributed by atoms with Gasteiger partial charge in [0.1, 0.15) is 11.4 Å². The number of hydrogen-bond donors (Lipinski definition) is 0. The van der Waals surface area contributed by atoms with Crippen LogP contribution in [0.5, 0.6) is 0 Å². The van der Waals surface area contributed by atoms with Crippen molar-refractivity contribution in [1.29, 1.82) is 0 Å². The molecule has 2 aliphatic rings. The van der Waals surface area contributed by atoms with Gasteiger partial charge in [0.2, 0.25) is 11.8 Å². The van der Waals surface area contributed by atoms with Crippen molar-refractivity contribution in [2.75, 3.05) is 0 Å². The predicted octanol–water partition coefficient (Wildman–Crippen LogP) is 6.25. The van der Waals surface area contributed by atoms with Crippen molar-refractivity contribution in [2.45, 2.75) is 30.2 Å². The van der Waals surface area contributed by atoms with Crippen LogP contribution in [0.4, 0.5) is 4.79 Å². The molecule has 40 heavy (non-hydrogen) atoms. The Hall–Kier alpha value is -4.49. The van der Waals surface area contributed by atoms with Crippen LogP contribution in [0.15, 0.2) is 132 Å². The SMILES string of the molecule is O=C(OCc1ccccc1)OC1=C(S(=O)C(c2ccccc2)(c2ccccc2)c2ccccc2)CC2CC(=O)N12. The van der Waals surface area contributed by atoms with Crippen molar-refractivity contribution >= 4 is 22.9 Å². The summed E-state index contributed by atoms with van der Waals surface area (Å²) in [5.41, 5.74) is 3.28. The quantitative estimate of drug-likeness (QED) is 0.148. The summed E-state index contributed by atoms with van der Waals surface area (Å²) in [5.74, 6) is -0.155. The minimum absolute atomic E-state index is 0.0183. The van der Waals surface area contributed by atoms with Crippen LogP contribution < -0.4 is 0 Å². The van der Waals surface area contributed by atoms with Gasteiger partial charge < -0.3 is 9.47 Å². The first-order valence-corrected chi connectivity index (χ1v) is 14.3. The molecule has 0 radical (unpaired) electrons. The predicted molar refractivity (Wildman–Crippen MR) is 152 cm³/mol. The van der Waals surface area contributed by atoms with E-state index in [2.05, 4.69) is 0 Å². The monoisotopic (exact) mass is 549 g/mol. The summed E-state index contributed by atoms with van der Waals surface area (Å²) in [6, 6.07) is 38.1. The zero-order valence-electron chi connectivity index (χ0n) is 21.6. The highest BCUT2D eigenvalue weighted by molar-refractivity contribution is 7.90. The van der Waals surface area contributed by atoms with Crippen LogP contribution in [-0.4, -0.2) is 27.2 Å². The van der Waals surface area contributed by atoms with Gasteiger partial charge in [-0.05, 0) is 22.3 Å². The lowest BCUT2D eigenvalue weighted by Crippen LogP contribution is -2.49. The van der Waals surface area contributed by atoms with Gasteiger partial charge in [-0.25, -0.2) is 4.79 Å². The van der Waals surface area contributed by atoms with Crippen LogP contribution in [-0.2, 0) is 36.4 Å². The molecule has 0 spiro atoms. The highest BCUT2D eigenvalue weighted by Crippen LogP contribution is 2.49. The van der Waals surface area contributed by atoms with Gasteiger partial charge in [-0.1, -0.05) is 121 Å². The van der Waals surface area contributed by atoms with E-state index in [0.29, 0.717) is 17.7 Å². The molecule has 6 nitrogen and oxygen atoms in total. The molecule has 0 saturated carbocycles. The van der Waals surface area contributed by atoms with Crippen molar-refractivity contribution < 1.29 is 23.3 Å². The molecule has 0 N–H and O–H groups in total. The molecule has 1 saturated heterocycles. The molecule has 2 atom stereocenters. The molecule has 200 valence electrons. The summed E-state index contributed by atoms with van der Waals surface area (Å²) < 4.78 is 25.1. The molecule has 1 amide bonds. The number of β-lactam (4-membered cyclic amide) rings is 1. The summed E-state index contributed by atoms with van der Waals surface area (Å²) in [7, 11) is -1.79. The van der Waals surface area contributed by atoms with E-state index in [9.17, 15) is 9.59 Å². The van der Waals surface area contributed by atoms with Gasteiger partial charge in [-0.2, -0.15) is 0 Å². The van der Waals surface area contributed by atoms with Gasteiger partial charge in [0.25, 0.3) is 0 Å². The minimum Gasteiger partial charge on any atom is -0.429 e. The molecule has 7 heteroatoms. The van der Waals surface area contributed by atoms with Gasteiger partial charge in [-0.3, -0.25) is 13.9 Å². The van der Waals surface area contributed by atoms with E-state index >= 15 is 4.21 Å². The molecule has 6 rings (SSSR count). The highest BCUT2D eigenvalue weighted by atomic mass is 32.2. The molecule has 0 bridgehead atoms. The van der Waals surface area contributed by atoms with Gasteiger partial charge in [0.15, 0.2) is 0 Å². The highest BCUT2D eigenvalue weighted by Gasteiger charge is 2.53. The number of hydrogen-bond acceptors (Lipinski definition) is 5. The van der Waals surface area contributed by atoms with E-state index in [1.807, 2.05) is 121 Å². The Morgan fingerprint density at radius 2 is 1.23 bits per heavy atom. The largest absolute Gasteiger partial charge is 0.515 e. The maximum atomic E-state index is 15.1. The average Bonchev–Trinajstić information content (AvgIpc) is 3.29. The number of rotatable bonds is 8. The lowest BCUT2D eigenvalue weighted by Gasteiger charge is -2.35. The second-order valence-electron chi connectivity index (χ2n) is 9.73.